The molecule has 0 fully saturated rings. The van der Waals surface area contributed by atoms with Gasteiger partial charge in [-0.15, -0.1) is 11.3 Å². The van der Waals surface area contributed by atoms with Crippen molar-refractivity contribution in [2.75, 3.05) is 6.79 Å². The molecule has 0 spiro atoms. The van der Waals surface area contributed by atoms with Gasteiger partial charge in [-0.05, 0) is 53.4 Å². The van der Waals surface area contributed by atoms with Crippen molar-refractivity contribution >= 4 is 33.2 Å². The van der Waals surface area contributed by atoms with Gasteiger partial charge in [0.2, 0.25) is 6.79 Å². The summed E-state index contributed by atoms with van der Waals surface area (Å²) in [6.07, 6.45) is 0. The largest absolute Gasteiger partial charge is 0.454 e. The second kappa shape index (κ2) is 6.54. The number of rotatable bonds is 3. The van der Waals surface area contributed by atoms with E-state index in [1.807, 2.05) is 23.6 Å². The predicted molar refractivity (Wildman–Crippen MR) is 108 cm³/mol. The molecule has 2 aromatic heterocycles. The molecule has 1 aliphatic rings. The van der Waals surface area contributed by atoms with Crippen LogP contribution in [0.5, 0.6) is 11.5 Å². The monoisotopic (exact) mass is 412 g/mol. The number of hydrogen-bond donors (Lipinski definition) is 0. The Labute approximate surface area is 167 Å². The highest BCUT2D eigenvalue weighted by atomic mass is 35.5. The zero-order valence-corrected chi connectivity index (χ0v) is 16.0. The van der Waals surface area contributed by atoms with Crippen molar-refractivity contribution in [1.29, 1.82) is 0 Å². The van der Waals surface area contributed by atoms with Gasteiger partial charge in [-0.25, -0.2) is 9.36 Å². The lowest BCUT2D eigenvalue weighted by molar-refractivity contribution is 0.174. The second-order valence-corrected chi connectivity index (χ2v) is 7.66. The summed E-state index contributed by atoms with van der Waals surface area (Å²) in [4.78, 5) is 26.2. The summed E-state index contributed by atoms with van der Waals surface area (Å²) < 4.78 is 14.1. The molecule has 8 heteroatoms. The molecule has 6 nitrogen and oxygen atoms in total. The molecule has 140 valence electrons. The number of ether oxygens (including phenoxy) is 2. The molecule has 5 rings (SSSR count). The van der Waals surface area contributed by atoms with Crippen LogP contribution in [0.1, 0.15) is 5.56 Å². The lowest BCUT2D eigenvalue weighted by atomic mass is 10.2. The first-order valence-corrected chi connectivity index (χ1v) is 9.75. The Morgan fingerprint density at radius 3 is 2.61 bits per heavy atom. The van der Waals surface area contributed by atoms with Gasteiger partial charge < -0.3 is 9.47 Å². The maximum atomic E-state index is 13.3. The summed E-state index contributed by atoms with van der Waals surface area (Å²) in [6.45, 7) is 0.492. The van der Waals surface area contributed by atoms with E-state index in [-0.39, 0.29) is 12.4 Å². The van der Waals surface area contributed by atoms with E-state index >= 15 is 0 Å². The number of thiophene rings is 1. The number of fused-ring (bicyclic) bond motifs is 2. The van der Waals surface area contributed by atoms with E-state index in [1.165, 1.54) is 15.9 Å². The van der Waals surface area contributed by atoms with Crippen molar-refractivity contribution in [1.82, 2.24) is 9.13 Å². The summed E-state index contributed by atoms with van der Waals surface area (Å²) in [5.41, 5.74) is 1.23. The van der Waals surface area contributed by atoms with Crippen molar-refractivity contribution in [3.63, 3.8) is 0 Å². The number of hydrogen-bond acceptors (Lipinski definition) is 5. The normalized spacial score (nSPS) is 12.6. The zero-order valence-electron chi connectivity index (χ0n) is 14.4. The highest BCUT2D eigenvalue weighted by Crippen LogP contribution is 2.32. The summed E-state index contributed by atoms with van der Waals surface area (Å²) >= 11 is 7.27. The van der Waals surface area contributed by atoms with E-state index in [1.54, 1.807) is 34.9 Å². The van der Waals surface area contributed by atoms with Gasteiger partial charge in [0.1, 0.15) is 4.70 Å². The highest BCUT2D eigenvalue weighted by Gasteiger charge is 2.18. The first-order valence-electron chi connectivity index (χ1n) is 8.49. The third kappa shape index (κ3) is 2.71. The molecule has 3 heterocycles. The summed E-state index contributed by atoms with van der Waals surface area (Å²) in [6, 6.07) is 14.0. The van der Waals surface area contributed by atoms with E-state index in [0.717, 1.165) is 5.56 Å². The fraction of sp³-hybridized carbons (Fsp3) is 0.100. The van der Waals surface area contributed by atoms with E-state index in [9.17, 15) is 9.59 Å². The van der Waals surface area contributed by atoms with E-state index in [4.69, 9.17) is 21.1 Å². The van der Waals surface area contributed by atoms with Gasteiger partial charge in [-0.3, -0.25) is 9.36 Å². The summed E-state index contributed by atoms with van der Waals surface area (Å²) in [7, 11) is 0. The third-order valence-electron chi connectivity index (χ3n) is 4.62. The SMILES string of the molecule is O=c1c2sccc2n(Cc2ccc3c(c2)OCO3)c(=O)n1-c1ccc(Cl)cc1. The maximum Gasteiger partial charge on any atom is 0.336 e. The Hall–Kier alpha value is -3.03. The van der Waals surface area contributed by atoms with Crippen molar-refractivity contribution in [3.8, 4) is 17.2 Å². The Kier molecular flexibility index (Phi) is 3.99. The average molecular weight is 413 g/mol. The lowest BCUT2D eigenvalue weighted by Crippen LogP contribution is -2.38. The average Bonchev–Trinajstić information content (AvgIpc) is 3.36. The minimum absolute atomic E-state index is 0.189. The molecule has 2 aromatic carbocycles. The molecule has 0 saturated heterocycles. The first-order chi connectivity index (χ1) is 13.6. The van der Waals surface area contributed by atoms with Gasteiger partial charge in [0.25, 0.3) is 5.56 Å². The van der Waals surface area contributed by atoms with Gasteiger partial charge in [-0.1, -0.05) is 17.7 Å². The number of nitrogens with zero attached hydrogens (tertiary/aromatic N) is 2. The van der Waals surface area contributed by atoms with Gasteiger partial charge >= 0.3 is 5.69 Å². The van der Waals surface area contributed by atoms with Crippen molar-refractivity contribution in [2.45, 2.75) is 6.54 Å². The zero-order chi connectivity index (χ0) is 19.3. The topological polar surface area (TPSA) is 62.5 Å². The lowest BCUT2D eigenvalue weighted by Gasteiger charge is -2.13. The van der Waals surface area contributed by atoms with Crippen LogP contribution in [0.3, 0.4) is 0 Å². The molecule has 1 aliphatic heterocycles. The van der Waals surface area contributed by atoms with Gasteiger partial charge in [0.15, 0.2) is 11.5 Å². The van der Waals surface area contributed by atoms with Crippen LogP contribution in [-0.2, 0) is 6.54 Å². The van der Waals surface area contributed by atoms with E-state index < -0.39 is 5.69 Å². The van der Waals surface area contributed by atoms with Crippen LogP contribution in [-0.4, -0.2) is 15.9 Å². The van der Waals surface area contributed by atoms with Crippen molar-refractivity contribution in [2.24, 2.45) is 0 Å². The Bertz CT molecular complexity index is 1320. The van der Waals surface area contributed by atoms with E-state index in [2.05, 4.69) is 0 Å². The smallest absolute Gasteiger partial charge is 0.336 e. The van der Waals surface area contributed by atoms with Crippen LogP contribution in [0, 0.1) is 0 Å². The van der Waals surface area contributed by atoms with Gasteiger partial charge in [0, 0.05) is 5.02 Å². The van der Waals surface area contributed by atoms with Crippen LogP contribution in [0.25, 0.3) is 15.9 Å². The molecular formula is C20H13ClN2O4S. The molecule has 0 amide bonds. The molecule has 28 heavy (non-hydrogen) atoms. The Morgan fingerprint density at radius 2 is 1.79 bits per heavy atom. The Balaban J connectivity index is 1.70. The molecule has 0 N–H and O–H groups in total. The molecule has 0 bridgehead atoms. The highest BCUT2D eigenvalue weighted by molar-refractivity contribution is 7.17. The Morgan fingerprint density at radius 1 is 1.00 bits per heavy atom. The number of aromatic nitrogens is 2. The fourth-order valence-electron chi connectivity index (χ4n) is 3.28. The summed E-state index contributed by atoms with van der Waals surface area (Å²) in [5.74, 6) is 1.33. The fourth-order valence-corrected chi connectivity index (χ4v) is 4.23. The number of benzene rings is 2. The van der Waals surface area contributed by atoms with Crippen LogP contribution in [0.4, 0.5) is 0 Å². The van der Waals surface area contributed by atoms with Crippen molar-refractivity contribution < 1.29 is 9.47 Å². The predicted octanol–water partition coefficient (Wildman–Crippen LogP) is 3.64. The number of halogens is 1. The molecule has 0 radical (unpaired) electrons. The minimum Gasteiger partial charge on any atom is -0.454 e. The van der Waals surface area contributed by atoms with Gasteiger partial charge in [-0.2, -0.15) is 0 Å². The quantitative estimate of drug-likeness (QED) is 0.515. The summed E-state index contributed by atoms with van der Waals surface area (Å²) in [5, 5.41) is 2.35. The maximum absolute atomic E-state index is 13.3. The van der Waals surface area contributed by atoms with E-state index in [0.29, 0.717) is 39.0 Å². The van der Waals surface area contributed by atoms with Crippen LogP contribution < -0.4 is 20.7 Å². The molecule has 0 unspecified atom stereocenters. The van der Waals surface area contributed by atoms with Crippen LogP contribution >= 0.6 is 22.9 Å². The van der Waals surface area contributed by atoms with Crippen LogP contribution in [0.2, 0.25) is 5.02 Å². The molecular weight excluding hydrogens is 400 g/mol. The van der Waals surface area contributed by atoms with Gasteiger partial charge in [0.05, 0.1) is 17.7 Å². The van der Waals surface area contributed by atoms with Crippen LogP contribution in [0.15, 0.2) is 63.5 Å². The standard InChI is InChI=1S/C20H13ClN2O4S/c21-13-2-4-14(5-3-13)23-19(24)18-15(7-8-28-18)22(20(23)25)10-12-1-6-16-17(9-12)27-11-26-16/h1-9H,10-11H2. The molecule has 0 atom stereocenters. The molecule has 0 saturated carbocycles. The first kappa shape index (κ1) is 17.1. The van der Waals surface area contributed by atoms with Crippen molar-refractivity contribution in [3.05, 3.63) is 85.3 Å². The molecule has 4 aromatic rings. The second-order valence-electron chi connectivity index (χ2n) is 6.31. The third-order valence-corrected chi connectivity index (χ3v) is 5.76. The molecule has 0 aliphatic carbocycles. The minimum atomic E-state index is -0.407.